The molecular formula is C11H23F3N4S. The summed E-state index contributed by atoms with van der Waals surface area (Å²) >= 11 is 1.73. The molecule has 0 atom stereocenters. The number of hydrogen-bond donors (Lipinski definition) is 2. The van der Waals surface area contributed by atoms with E-state index in [0.717, 1.165) is 12.3 Å². The molecule has 0 radical (unpaired) electrons. The highest BCUT2D eigenvalue weighted by Gasteiger charge is 2.28. The van der Waals surface area contributed by atoms with Crippen LogP contribution in [-0.4, -0.2) is 69.3 Å². The summed E-state index contributed by atoms with van der Waals surface area (Å²) in [5, 5.41) is 6.19. The summed E-state index contributed by atoms with van der Waals surface area (Å²) in [6.07, 6.45) is -1.47. The predicted molar refractivity (Wildman–Crippen MR) is 75.9 cm³/mol. The normalized spacial score (nSPS) is 12.9. The molecule has 0 aliphatic heterocycles. The van der Waals surface area contributed by atoms with Gasteiger partial charge in [0, 0.05) is 25.9 Å². The third-order valence-electron chi connectivity index (χ3n) is 2.28. The summed E-state index contributed by atoms with van der Waals surface area (Å²) < 4.78 is 36.2. The number of guanidine groups is 1. The molecular weight excluding hydrogens is 277 g/mol. The minimum atomic E-state index is -4.13. The molecule has 4 nitrogen and oxygen atoms in total. The highest BCUT2D eigenvalue weighted by Crippen LogP contribution is 2.15. The van der Waals surface area contributed by atoms with E-state index in [2.05, 4.69) is 15.6 Å². The molecule has 0 heterocycles. The van der Waals surface area contributed by atoms with Crippen molar-refractivity contribution >= 4 is 17.7 Å². The summed E-state index contributed by atoms with van der Waals surface area (Å²) in [5.74, 6) is 1.67. The Labute approximate surface area is 117 Å². The van der Waals surface area contributed by atoms with Crippen molar-refractivity contribution in [1.82, 2.24) is 15.5 Å². The zero-order valence-corrected chi connectivity index (χ0v) is 12.5. The van der Waals surface area contributed by atoms with Gasteiger partial charge < -0.3 is 10.6 Å². The van der Waals surface area contributed by atoms with Gasteiger partial charge in [-0.15, -0.1) is 0 Å². The molecule has 0 fully saturated rings. The topological polar surface area (TPSA) is 39.7 Å². The molecule has 0 saturated heterocycles. The summed E-state index contributed by atoms with van der Waals surface area (Å²) in [5.41, 5.74) is 0. The lowest BCUT2D eigenvalue weighted by atomic mass is 10.4. The third-order valence-corrected chi connectivity index (χ3v) is 2.89. The SMILES string of the molecule is CN=C(NCCCN(C)CC(F)(F)F)NCCSC. The fourth-order valence-electron chi connectivity index (χ4n) is 1.43. The maximum Gasteiger partial charge on any atom is 0.401 e. The van der Waals surface area contributed by atoms with Crippen LogP contribution in [0.25, 0.3) is 0 Å². The van der Waals surface area contributed by atoms with Crippen LogP contribution < -0.4 is 10.6 Å². The zero-order valence-electron chi connectivity index (χ0n) is 11.7. The highest BCUT2D eigenvalue weighted by molar-refractivity contribution is 7.98. The monoisotopic (exact) mass is 300 g/mol. The molecule has 19 heavy (non-hydrogen) atoms. The van der Waals surface area contributed by atoms with Crippen molar-refractivity contribution in [3.8, 4) is 0 Å². The lowest BCUT2D eigenvalue weighted by molar-refractivity contribution is -0.143. The number of alkyl halides is 3. The van der Waals surface area contributed by atoms with E-state index in [4.69, 9.17) is 0 Å². The van der Waals surface area contributed by atoms with Crippen LogP contribution in [0.2, 0.25) is 0 Å². The first kappa shape index (κ1) is 18.4. The van der Waals surface area contributed by atoms with Crippen molar-refractivity contribution in [3.63, 3.8) is 0 Å². The van der Waals surface area contributed by atoms with Gasteiger partial charge in [-0.05, 0) is 26.3 Å². The lowest BCUT2D eigenvalue weighted by Crippen LogP contribution is -2.40. The first-order chi connectivity index (χ1) is 8.89. The van der Waals surface area contributed by atoms with E-state index in [1.54, 1.807) is 18.8 Å². The van der Waals surface area contributed by atoms with Gasteiger partial charge in [0.05, 0.1) is 6.54 Å². The van der Waals surface area contributed by atoms with Crippen molar-refractivity contribution in [1.29, 1.82) is 0 Å². The van der Waals surface area contributed by atoms with E-state index in [0.29, 0.717) is 25.5 Å². The Hall–Kier alpha value is -0.630. The number of halogens is 3. The van der Waals surface area contributed by atoms with Crippen LogP contribution in [0.4, 0.5) is 13.2 Å². The van der Waals surface area contributed by atoms with E-state index in [9.17, 15) is 13.2 Å². The molecule has 2 N–H and O–H groups in total. The van der Waals surface area contributed by atoms with E-state index >= 15 is 0 Å². The van der Waals surface area contributed by atoms with E-state index in [1.807, 2.05) is 6.26 Å². The fourth-order valence-corrected chi connectivity index (χ4v) is 1.74. The molecule has 0 saturated carbocycles. The quantitative estimate of drug-likeness (QED) is 0.404. The van der Waals surface area contributed by atoms with E-state index in [1.165, 1.54) is 11.9 Å². The second kappa shape index (κ2) is 10.2. The first-order valence-electron chi connectivity index (χ1n) is 6.08. The molecule has 0 aromatic heterocycles. The van der Waals surface area contributed by atoms with Gasteiger partial charge in [-0.25, -0.2) is 0 Å². The third kappa shape index (κ3) is 12.2. The van der Waals surface area contributed by atoms with Crippen LogP contribution >= 0.6 is 11.8 Å². The van der Waals surface area contributed by atoms with Crippen molar-refractivity contribution < 1.29 is 13.2 Å². The molecule has 0 bridgehead atoms. The Kier molecular flexibility index (Phi) is 9.85. The lowest BCUT2D eigenvalue weighted by Gasteiger charge is -2.18. The first-order valence-corrected chi connectivity index (χ1v) is 7.47. The fraction of sp³-hybridized carbons (Fsp3) is 0.909. The summed E-state index contributed by atoms with van der Waals surface area (Å²) in [4.78, 5) is 5.30. The second-order valence-corrected chi connectivity index (χ2v) is 5.11. The number of hydrogen-bond acceptors (Lipinski definition) is 3. The molecule has 0 aliphatic rings. The van der Waals surface area contributed by atoms with Gasteiger partial charge in [-0.1, -0.05) is 0 Å². The summed E-state index contributed by atoms with van der Waals surface area (Å²) in [6.45, 7) is 0.942. The molecule has 0 spiro atoms. The van der Waals surface area contributed by atoms with Crippen LogP contribution in [-0.2, 0) is 0 Å². The number of aliphatic imine (C=N–C) groups is 1. The van der Waals surface area contributed by atoms with Crippen LogP contribution in [0.15, 0.2) is 4.99 Å². The Bertz CT molecular complexity index is 259. The minimum Gasteiger partial charge on any atom is -0.356 e. The van der Waals surface area contributed by atoms with E-state index < -0.39 is 12.7 Å². The van der Waals surface area contributed by atoms with Gasteiger partial charge in [0.15, 0.2) is 5.96 Å². The van der Waals surface area contributed by atoms with E-state index in [-0.39, 0.29) is 0 Å². The number of nitrogens with zero attached hydrogens (tertiary/aromatic N) is 2. The van der Waals surface area contributed by atoms with Gasteiger partial charge in [-0.2, -0.15) is 24.9 Å². The van der Waals surface area contributed by atoms with Crippen molar-refractivity contribution in [2.75, 3.05) is 52.3 Å². The number of rotatable bonds is 8. The minimum absolute atomic E-state index is 0.397. The molecule has 0 aliphatic carbocycles. The Morgan fingerprint density at radius 3 is 2.42 bits per heavy atom. The molecule has 8 heteroatoms. The maximum atomic E-state index is 12.1. The van der Waals surface area contributed by atoms with Crippen molar-refractivity contribution in [2.24, 2.45) is 4.99 Å². The number of thioether (sulfide) groups is 1. The Morgan fingerprint density at radius 1 is 1.26 bits per heavy atom. The maximum absolute atomic E-state index is 12.1. The van der Waals surface area contributed by atoms with Crippen LogP contribution in [0, 0.1) is 0 Å². The average molecular weight is 300 g/mol. The average Bonchev–Trinajstić information content (AvgIpc) is 2.30. The van der Waals surface area contributed by atoms with Crippen molar-refractivity contribution in [3.05, 3.63) is 0 Å². The van der Waals surface area contributed by atoms with Gasteiger partial charge >= 0.3 is 6.18 Å². The predicted octanol–water partition coefficient (Wildman–Crippen LogP) is 1.40. The molecule has 0 aromatic carbocycles. The Morgan fingerprint density at radius 2 is 1.89 bits per heavy atom. The molecule has 114 valence electrons. The summed E-state index contributed by atoms with van der Waals surface area (Å²) in [6, 6.07) is 0. The largest absolute Gasteiger partial charge is 0.401 e. The van der Waals surface area contributed by atoms with Crippen molar-refractivity contribution in [2.45, 2.75) is 12.6 Å². The zero-order chi connectivity index (χ0) is 14.7. The van der Waals surface area contributed by atoms with Crippen LogP contribution in [0.3, 0.4) is 0 Å². The Balaban J connectivity index is 3.66. The number of nitrogens with one attached hydrogen (secondary N) is 2. The molecule has 0 amide bonds. The summed E-state index contributed by atoms with van der Waals surface area (Å²) in [7, 11) is 3.14. The van der Waals surface area contributed by atoms with Gasteiger partial charge in [0.25, 0.3) is 0 Å². The second-order valence-electron chi connectivity index (χ2n) is 4.13. The molecule has 0 rings (SSSR count). The van der Waals surface area contributed by atoms with Gasteiger partial charge in [0.1, 0.15) is 0 Å². The highest BCUT2D eigenvalue weighted by atomic mass is 32.2. The smallest absolute Gasteiger partial charge is 0.356 e. The van der Waals surface area contributed by atoms with Crippen LogP contribution in [0.1, 0.15) is 6.42 Å². The van der Waals surface area contributed by atoms with Crippen LogP contribution in [0.5, 0.6) is 0 Å². The molecule has 0 aromatic rings. The molecule has 0 unspecified atom stereocenters. The van der Waals surface area contributed by atoms with Gasteiger partial charge in [0.2, 0.25) is 0 Å². The van der Waals surface area contributed by atoms with Gasteiger partial charge in [-0.3, -0.25) is 9.89 Å². The standard InChI is InChI=1S/C11H23F3N4S/c1-15-10(17-6-8-19-3)16-5-4-7-18(2)9-11(12,13)14/h4-9H2,1-3H3,(H2,15,16,17).